The number of hydrogen-bond acceptors (Lipinski definition) is 3. The lowest BCUT2D eigenvalue weighted by molar-refractivity contribution is -0.121. The van der Waals surface area contributed by atoms with Gasteiger partial charge in [-0.2, -0.15) is 0 Å². The zero-order chi connectivity index (χ0) is 18.1. The molecule has 1 atom stereocenters. The Morgan fingerprint density at radius 3 is 2.81 bits per heavy atom. The second kappa shape index (κ2) is 6.63. The molecule has 0 aliphatic rings. The Bertz CT molecular complexity index is 1060. The van der Waals surface area contributed by atoms with Crippen molar-refractivity contribution in [3.05, 3.63) is 66.2 Å². The second-order valence-electron chi connectivity index (χ2n) is 6.81. The number of nitrogens with zero attached hydrogens (tertiary/aromatic N) is 3. The van der Waals surface area contributed by atoms with E-state index in [1.54, 1.807) is 0 Å². The molecule has 0 unspecified atom stereocenters. The highest BCUT2D eigenvalue weighted by Crippen LogP contribution is 2.22. The van der Waals surface area contributed by atoms with E-state index in [-0.39, 0.29) is 17.9 Å². The molecule has 0 bridgehead atoms. The van der Waals surface area contributed by atoms with Crippen LogP contribution in [0.3, 0.4) is 0 Å². The largest absolute Gasteiger partial charge is 0.361 e. The number of pyridine rings is 1. The first-order chi connectivity index (χ1) is 12.6. The number of nitrogens with one attached hydrogen (secondary N) is 2. The van der Waals surface area contributed by atoms with Gasteiger partial charge in [0, 0.05) is 23.3 Å². The maximum atomic E-state index is 12.7. The monoisotopic (exact) mass is 347 g/mol. The standard InChI is InChI=1S/C20H21N5O/c1-13(2)19(20-24-23-17-9-5-6-10-25(17)20)22-18(26)11-14-12-21-16-8-4-3-7-15(14)16/h3-10,12-13,19,21H,11H2,1-2H3,(H,22,26)/t19-/m1/s1. The highest BCUT2D eigenvalue weighted by atomic mass is 16.1. The molecule has 26 heavy (non-hydrogen) atoms. The van der Waals surface area contributed by atoms with Crippen molar-refractivity contribution in [1.29, 1.82) is 0 Å². The fourth-order valence-corrected chi connectivity index (χ4v) is 3.28. The minimum atomic E-state index is -0.204. The molecule has 4 rings (SSSR count). The number of amides is 1. The molecule has 6 nitrogen and oxygen atoms in total. The molecule has 4 aromatic rings. The lowest BCUT2D eigenvalue weighted by atomic mass is 10.0. The normalized spacial score (nSPS) is 12.7. The van der Waals surface area contributed by atoms with Gasteiger partial charge in [-0.1, -0.05) is 38.1 Å². The van der Waals surface area contributed by atoms with Crippen LogP contribution in [0.15, 0.2) is 54.9 Å². The molecule has 0 spiro atoms. The van der Waals surface area contributed by atoms with E-state index < -0.39 is 0 Å². The lowest BCUT2D eigenvalue weighted by Crippen LogP contribution is -2.34. The van der Waals surface area contributed by atoms with Crippen LogP contribution in [0.5, 0.6) is 0 Å². The molecule has 6 heteroatoms. The van der Waals surface area contributed by atoms with Crippen LogP contribution in [-0.2, 0) is 11.2 Å². The van der Waals surface area contributed by atoms with Crippen molar-refractivity contribution in [3.8, 4) is 0 Å². The van der Waals surface area contributed by atoms with Gasteiger partial charge in [0.25, 0.3) is 0 Å². The molecule has 0 saturated carbocycles. The maximum absolute atomic E-state index is 12.7. The Balaban J connectivity index is 1.58. The third kappa shape index (κ3) is 2.94. The Hall–Kier alpha value is -3.15. The first kappa shape index (κ1) is 16.3. The molecule has 3 heterocycles. The Labute approximate surface area is 151 Å². The van der Waals surface area contributed by atoms with Gasteiger partial charge in [0.05, 0.1) is 12.5 Å². The van der Waals surface area contributed by atoms with E-state index in [0.29, 0.717) is 6.42 Å². The van der Waals surface area contributed by atoms with Crippen LogP contribution in [-0.4, -0.2) is 25.5 Å². The van der Waals surface area contributed by atoms with Crippen molar-refractivity contribution in [1.82, 2.24) is 24.9 Å². The molecule has 1 amide bonds. The van der Waals surface area contributed by atoms with E-state index in [1.807, 2.05) is 59.3 Å². The SMILES string of the molecule is CC(C)[C@@H](NC(=O)Cc1c[nH]c2ccccc12)c1nnc2ccccn12. The molecule has 1 aromatic carbocycles. The first-order valence-electron chi connectivity index (χ1n) is 8.77. The number of rotatable bonds is 5. The van der Waals surface area contributed by atoms with Gasteiger partial charge < -0.3 is 10.3 Å². The Morgan fingerprint density at radius 1 is 1.15 bits per heavy atom. The van der Waals surface area contributed by atoms with Crippen molar-refractivity contribution in [2.45, 2.75) is 26.3 Å². The lowest BCUT2D eigenvalue weighted by Gasteiger charge is -2.21. The highest BCUT2D eigenvalue weighted by Gasteiger charge is 2.24. The highest BCUT2D eigenvalue weighted by molar-refractivity contribution is 5.88. The number of hydrogen-bond donors (Lipinski definition) is 2. The quantitative estimate of drug-likeness (QED) is 0.582. The van der Waals surface area contributed by atoms with E-state index in [0.717, 1.165) is 27.9 Å². The fraction of sp³-hybridized carbons (Fsp3) is 0.250. The number of H-pyrrole nitrogens is 1. The summed E-state index contributed by atoms with van der Waals surface area (Å²) in [5.41, 5.74) is 2.81. The molecule has 0 aliphatic heterocycles. The van der Waals surface area contributed by atoms with Crippen LogP contribution < -0.4 is 5.32 Å². The van der Waals surface area contributed by atoms with Gasteiger partial charge in [0.1, 0.15) is 0 Å². The van der Waals surface area contributed by atoms with Gasteiger partial charge in [-0.05, 0) is 29.7 Å². The summed E-state index contributed by atoms with van der Waals surface area (Å²) in [6.07, 6.45) is 4.15. The predicted octanol–water partition coefficient (Wildman–Crippen LogP) is 3.27. The van der Waals surface area contributed by atoms with Gasteiger partial charge in [-0.15, -0.1) is 10.2 Å². The summed E-state index contributed by atoms with van der Waals surface area (Å²) < 4.78 is 1.93. The van der Waals surface area contributed by atoms with Crippen LogP contribution in [0, 0.1) is 5.92 Å². The van der Waals surface area contributed by atoms with E-state index in [4.69, 9.17) is 0 Å². The summed E-state index contributed by atoms with van der Waals surface area (Å²) in [7, 11) is 0. The molecule has 3 aromatic heterocycles. The number of carbonyl (C=O) groups is 1. The Morgan fingerprint density at radius 2 is 1.96 bits per heavy atom. The van der Waals surface area contributed by atoms with Gasteiger partial charge in [0.15, 0.2) is 11.5 Å². The van der Waals surface area contributed by atoms with E-state index in [1.165, 1.54) is 0 Å². The number of benzene rings is 1. The number of carbonyl (C=O) groups excluding carboxylic acids is 1. The topological polar surface area (TPSA) is 75.1 Å². The molecular formula is C20H21N5O. The summed E-state index contributed by atoms with van der Waals surface area (Å²) in [5, 5.41) is 12.7. The molecule has 2 N–H and O–H groups in total. The van der Waals surface area contributed by atoms with E-state index in [2.05, 4.69) is 34.3 Å². The fourth-order valence-electron chi connectivity index (χ4n) is 3.28. The van der Waals surface area contributed by atoms with Gasteiger partial charge in [-0.3, -0.25) is 9.20 Å². The van der Waals surface area contributed by atoms with E-state index in [9.17, 15) is 4.79 Å². The number of fused-ring (bicyclic) bond motifs is 2. The third-order valence-electron chi connectivity index (χ3n) is 4.63. The number of para-hydroxylation sites is 1. The third-order valence-corrected chi connectivity index (χ3v) is 4.63. The van der Waals surface area contributed by atoms with Gasteiger partial charge in [0.2, 0.25) is 5.91 Å². The molecule has 0 aliphatic carbocycles. The van der Waals surface area contributed by atoms with Crippen molar-refractivity contribution >= 4 is 22.5 Å². The minimum Gasteiger partial charge on any atom is -0.361 e. The van der Waals surface area contributed by atoms with Crippen molar-refractivity contribution in [2.24, 2.45) is 5.92 Å². The van der Waals surface area contributed by atoms with Crippen LogP contribution >= 0.6 is 0 Å². The molecular weight excluding hydrogens is 326 g/mol. The summed E-state index contributed by atoms with van der Waals surface area (Å²) in [4.78, 5) is 15.9. The van der Waals surface area contributed by atoms with Crippen molar-refractivity contribution in [3.63, 3.8) is 0 Å². The molecule has 0 radical (unpaired) electrons. The van der Waals surface area contributed by atoms with E-state index >= 15 is 0 Å². The molecule has 132 valence electrons. The summed E-state index contributed by atoms with van der Waals surface area (Å²) in [6, 6.07) is 13.6. The average Bonchev–Trinajstić information content (AvgIpc) is 3.24. The van der Waals surface area contributed by atoms with Crippen LogP contribution in [0.4, 0.5) is 0 Å². The van der Waals surface area contributed by atoms with Gasteiger partial charge in [-0.25, -0.2) is 0 Å². The maximum Gasteiger partial charge on any atom is 0.225 e. The van der Waals surface area contributed by atoms with Crippen molar-refractivity contribution in [2.75, 3.05) is 0 Å². The zero-order valence-corrected chi connectivity index (χ0v) is 14.8. The number of aromatic nitrogens is 4. The second-order valence-corrected chi connectivity index (χ2v) is 6.81. The molecule has 0 fully saturated rings. The summed E-state index contributed by atoms with van der Waals surface area (Å²) in [6.45, 7) is 4.14. The first-order valence-corrected chi connectivity index (χ1v) is 8.77. The van der Waals surface area contributed by atoms with Gasteiger partial charge >= 0.3 is 0 Å². The van der Waals surface area contributed by atoms with Crippen LogP contribution in [0.25, 0.3) is 16.6 Å². The summed E-state index contributed by atoms with van der Waals surface area (Å²) in [5.74, 6) is 0.915. The Kier molecular flexibility index (Phi) is 4.16. The minimum absolute atomic E-state index is 0.0267. The summed E-state index contributed by atoms with van der Waals surface area (Å²) >= 11 is 0. The smallest absolute Gasteiger partial charge is 0.225 e. The molecule has 0 saturated heterocycles. The average molecular weight is 347 g/mol. The van der Waals surface area contributed by atoms with Crippen molar-refractivity contribution < 1.29 is 4.79 Å². The number of aromatic amines is 1. The predicted molar refractivity (Wildman–Crippen MR) is 101 cm³/mol. The zero-order valence-electron chi connectivity index (χ0n) is 14.8. The van der Waals surface area contributed by atoms with Crippen LogP contribution in [0.2, 0.25) is 0 Å². The van der Waals surface area contributed by atoms with Crippen LogP contribution in [0.1, 0.15) is 31.3 Å².